The largest absolute Gasteiger partial charge is 0.495 e. The van der Waals surface area contributed by atoms with Crippen molar-refractivity contribution in [1.29, 1.82) is 0 Å². The number of ether oxygens (including phenoxy) is 1. The molecule has 0 unspecified atom stereocenters. The number of aromatic carboxylic acids is 1. The van der Waals surface area contributed by atoms with Crippen molar-refractivity contribution in [2.75, 3.05) is 11.8 Å². The summed E-state index contributed by atoms with van der Waals surface area (Å²) in [6.07, 6.45) is -1.67. The highest BCUT2D eigenvalue weighted by Crippen LogP contribution is 2.43. The van der Waals surface area contributed by atoms with Crippen LogP contribution in [0, 0.1) is 11.7 Å². The minimum atomic E-state index is -4.25. The van der Waals surface area contributed by atoms with Crippen LogP contribution < -0.4 is 9.46 Å². The second kappa shape index (κ2) is 10.3. The molecule has 0 amide bonds. The molecule has 3 aromatic rings. The van der Waals surface area contributed by atoms with Gasteiger partial charge in [-0.15, -0.1) is 11.3 Å². The molecule has 1 aliphatic carbocycles. The van der Waals surface area contributed by atoms with E-state index in [1.807, 2.05) is 12.1 Å². The van der Waals surface area contributed by atoms with E-state index in [-0.39, 0.29) is 34.5 Å². The number of nitrogens with one attached hydrogen (secondary N) is 1. The van der Waals surface area contributed by atoms with Gasteiger partial charge in [0.2, 0.25) is 4.34 Å². The highest BCUT2D eigenvalue weighted by atomic mass is 32.2. The standard InChI is InChI=1S/C24H22F4N2O5S2/c1-35-20-10-17(22(31)32)18(25)11-19(20)30-37(33,34)23-29-12-21(36-23)15-4-2-13(3-5-15)14-6-8-16(9-7-14)24(26,27)28/h2-5,10-12,14,16,30H,6-9H2,1H3,(H,31,32)/t14-,16-. The van der Waals surface area contributed by atoms with Gasteiger partial charge in [0.1, 0.15) is 11.6 Å². The molecule has 1 fully saturated rings. The van der Waals surface area contributed by atoms with Crippen LogP contribution >= 0.6 is 11.3 Å². The summed E-state index contributed by atoms with van der Waals surface area (Å²) >= 11 is 0.867. The Morgan fingerprint density at radius 1 is 1.14 bits per heavy atom. The van der Waals surface area contributed by atoms with Gasteiger partial charge in [-0.2, -0.15) is 21.6 Å². The number of benzene rings is 2. The van der Waals surface area contributed by atoms with Crippen LogP contribution in [0.3, 0.4) is 0 Å². The van der Waals surface area contributed by atoms with E-state index < -0.39 is 39.5 Å². The molecule has 0 saturated heterocycles. The lowest BCUT2D eigenvalue weighted by Gasteiger charge is -2.30. The van der Waals surface area contributed by atoms with Crippen molar-refractivity contribution in [2.24, 2.45) is 5.92 Å². The maximum atomic E-state index is 14.1. The first-order valence-electron chi connectivity index (χ1n) is 11.2. The number of thiazole rings is 1. The molecule has 0 spiro atoms. The van der Waals surface area contributed by atoms with E-state index in [0.29, 0.717) is 23.3 Å². The molecule has 1 saturated carbocycles. The van der Waals surface area contributed by atoms with Crippen LogP contribution in [0.15, 0.2) is 46.9 Å². The van der Waals surface area contributed by atoms with Gasteiger partial charge in [-0.1, -0.05) is 24.3 Å². The van der Waals surface area contributed by atoms with Crippen molar-refractivity contribution in [3.8, 4) is 16.2 Å². The first-order chi connectivity index (χ1) is 17.4. The number of aromatic nitrogens is 1. The number of nitrogens with zero attached hydrogens (tertiary/aromatic N) is 1. The normalized spacial score (nSPS) is 18.4. The highest BCUT2D eigenvalue weighted by Gasteiger charge is 2.41. The molecule has 0 radical (unpaired) electrons. The Hall–Kier alpha value is -3.19. The third kappa shape index (κ3) is 5.87. The summed E-state index contributed by atoms with van der Waals surface area (Å²) in [5, 5.41) is 9.05. The Balaban J connectivity index is 1.49. The lowest BCUT2D eigenvalue weighted by molar-refractivity contribution is -0.182. The number of sulfonamides is 1. The Morgan fingerprint density at radius 2 is 1.78 bits per heavy atom. The maximum absolute atomic E-state index is 14.1. The van der Waals surface area contributed by atoms with Crippen LogP contribution in [0.2, 0.25) is 0 Å². The fraction of sp³-hybridized carbons (Fsp3) is 0.333. The number of rotatable bonds is 7. The number of hydrogen-bond acceptors (Lipinski definition) is 6. The van der Waals surface area contributed by atoms with E-state index in [2.05, 4.69) is 9.71 Å². The van der Waals surface area contributed by atoms with Crippen molar-refractivity contribution in [1.82, 2.24) is 4.98 Å². The molecule has 0 aliphatic heterocycles. The average molecular weight is 559 g/mol. The number of carbonyl (C=O) groups is 1. The molecule has 1 aliphatic rings. The molecule has 0 atom stereocenters. The lowest BCUT2D eigenvalue weighted by atomic mass is 9.78. The van der Waals surface area contributed by atoms with E-state index >= 15 is 0 Å². The summed E-state index contributed by atoms with van der Waals surface area (Å²) in [6.45, 7) is 0. The Kier molecular flexibility index (Phi) is 7.47. The van der Waals surface area contributed by atoms with Gasteiger partial charge in [-0.05, 0) is 48.8 Å². The molecule has 13 heteroatoms. The maximum Gasteiger partial charge on any atom is 0.391 e. The zero-order valence-electron chi connectivity index (χ0n) is 19.4. The van der Waals surface area contributed by atoms with Crippen LogP contribution in [0.25, 0.3) is 10.4 Å². The smallest absolute Gasteiger partial charge is 0.391 e. The lowest BCUT2D eigenvalue weighted by Crippen LogP contribution is -2.27. The monoisotopic (exact) mass is 558 g/mol. The summed E-state index contributed by atoms with van der Waals surface area (Å²) in [7, 11) is -3.07. The zero-order valence-corrected chi connectivity index (χ0v) is 21.0. The number of halogens is 4. The predicted octanol–water partition coefficient (Wildman–Crippen LogP) is 6.29. The van der Waals surface area contributed by atoms with Crippen molar-refractivity contribution in [2.45, 2.75) is 42.1 Å². The number of hydrogen-bond donors (Lipinski definition) is 2. The van der Waals surface area contributed by atoms with Crippen LogP contribution in [0.5, 0.6) is 5.75 Å². The molecule has 37 heavy (non-hydrogen) atoms. The summed E-state index contributed by atoms with van der Waals surface area (Å²) in [5.74, 6) is -4.07. The fourth-order valence-electron chi connectivity index (χ4n) is 4.34. The molecule has 1 aromatic heterocycles. The van der Waals surface area contributed by atoms with E-state index in [9.17, 15) is 30.8 Å². The molecule has 1 heterocycles. The molecule has 2 N–H and O–H groups in total. The topological polar surface area (TPSA) is 106 Å². The van der Waals surface area contributed by atoms with E-state index in [0.717, 1.165) is 29.0 Å². The highest BCUT2D eigenvalue weighted by molar-refractivity contribution is 7.94. The number of carboxylic acids is 1. The number of anilines is 1. The minimum absolute atomic E-state index is 0.0390. The second-order valence-corrected chi connectivity index (χ2v) is 11.5. The van der Waals surface area contributed by atoms with Crippen molar-refractivity contribution in [3.63, 3.8) is 0 Å². The summed E-state index contributed by atoms with van der Waals surface area (Å²) in [4.78, 5) is 15.6. The van der Waals surface area contributed by atoms with Gasteiger partial charge in [0.05, 0.1) is 29.2 Å². The Morgan fingerprint density at radius 3 is 2.35 bits per heavy atom. The molecule has 2 aromatic carbocycles. The van der Waals surface area contributed by atoms with Crippen LogP contribution in [-0.2, 0) is 10.0 Å². The first-order valence-corrected chi connectivity index (χ1v) is 13.5. The van der Waals surface area contributed by atoms with Crippen molar-refractivity contribution >= 4 is 33.0 Å². The molecule has 7 nitrogen and oxygen atoms in total. The Labute approximate surface area is 214 Å². The predicted molar refractivity (Wildman–Crippen MR) is 129 cm³/mol. The van der Waals surface area contributed by atoms with Crippen LogP contribution in [0.4, 0.5) is 23.2 Å². The first kappa shape index (κ1) is 26.9. The Bertz CT molecular complexity index is 1400. The minimum Gasteiger partial charge on any atom is -0.495 e. The molecule has 0 bridgehead atoms. The summed E-state index contributed by atoms with van der Waals surface area (Å²) in [5.41, 5.74) is 0.656. The van der Waals surface area contributed by atoms with Gasteiger partial charge in [0, 0.05) is 12.3 Å². The quantitative estimate of drug-likeness (QED) is 0.330. The van der Waals surface area contributed by atoms with Crippen molar-refractivity contribution < 1.29 is 40.6 Å². The summed E-state index contributed by atoms with van der Waals surface area (Å²) in [6, 6.07) is 8.79. The number of carboxylic acid groups (broad SMARTS) is 1. The van der Waals surface area contributed by atoms with Crippen LogP contribution in [0.1, 0.15) is 47.5 Å². The second-order valence-electron chi connectivity index (χ2n) is 8.65. The zero-order chi connectivity index (χ0) is 27.0. The van der Waals surface area contributed by atoms with Gasteiger partial charge in [0.15, 0.2) is 0 Å². The molecule has 4 rings (SSSR count). The average Bonchev–Trinajstić information content (AvgIpc) is 3.35. The van der Waals surface area contributed by atoms with Gasteiger partial charge < -0.3 is 9.84 Å². The van der Waals surface area contributed by atoms with Crippen LogP contribution in [-0.4, -0.2) is 37.8 Å². The van der Waals surface area contributed by atoms with Gasteiger partial charge in [-0.25, -0.2) is 14.2 Å². The number of methoxy groups -OCH3 is 1. The molecule has 198 valence electrons. The third-order valence-corrected chi connectivity index (χ3v) is 9.14. The van der Waals surface area contributed by atoms with Gasteiger partial charge >= 0.3 is 12.1 Å². The SMILES string of the molecule is COc1cc(C(=O)O)c(F)cc1NS(=O)(=O)c1ncc(-c2ccc([C@H]3CC[C@H](C(F)(F)F)CC3)cc2)s1. The van der Waals surface area contributed by atoms with Gasteiger partial charge in [-0.3, -0.25) is 4.72 Å². The van der Waals surface area contributed by atoms with Crippen molar-refractivity contribution in [3.05, 3.63) is 59.5 Å². The fourth-order valence-corrected chi connectivity index (χ4v) is 6.56. The summed E-state index contributed by atoms with van der Waals surface area (Å²) < 4.78 is 85.5. The molecular formula is C24H22F4N2O5S2. The molecular weight excluding hydrogens is 536 g/mol. The van der Waals surface area contributed by atoms with E-state index in [1.54, 1.807) is 12.1 Å². The van der Waals surface area contributed by atoms with E-state index in [4.69, 9.17) is 9.84 Å². The van der Waals surface area contributed by atoms with Gasteiger partial charge in [0.25, 0.3) is 10.0 Å². The van der Waals surface area contributed by atoms with E-state index in [1.165, 1.54) is 13.3 Å². The third-order valence-electron chi connectivity index (χ3n) is 6.33. The number of alkyl halides is 3.